The molecular formula is C19H32N4O3. The normalized spacial score (nSPS) is 22.4. The Morgan fingerprint density at radius 1 is 1.15 bits per heavy atom. The van der Waals surface area contributed by atoms with Crippen molar-refractivity contribution in [2.45, 2.75) is 46.3 Å². The highest BCUT2D eigenvalue weighted by atomic mass is 16.5. The molecular weight excluding hydrogens is 332 g/mol. The first kappa shape index (κ1) is 19.3. The summed E-state index contributed by atoms with van der Waals surface area (Å²) in [6.45, 7) is 13.4. The van der Waals surface area contributed by atoms with Crippen LogP contribution in [0.5, 0.6) is 0 Å². The second-order valence-electron chi connectivity index (χ2n) is 7.37. The highest BCUT2D eigenvalue weighted by Crippen LogP contribution is 2.13. The molecule has 2 fully saturated rings. The Bertz CT molecular complexity index is 610. The van der Waals surface area contributed by atoms with Crippen molar-refractivity contribution in [2.24, 2.45) is 0 Å². The average Bonchev–Trinajstić information content (AvgIpc) is 2.83. The fourth-order valence-corrected chi connectivity index (χ4v) is 3.67. The molecule has 1 amide bonds. The molecule has 2 saturated heterocycles. The van der Waals surface area contributed by atoms with Crippen molar-refractivity contribution in [3.8, 4) is 0 Å². The third-order valence-corrected chi connectivity index (χ3v) is 5.55. The number of aryl methyl sites for hydroxylation is 2. The topological polar surface area (TPSA) is 59.8 Å². The molecule has 0 aliphatic carbocycles. The van der Waals surface area contributed by atoms with Crippen molar-refractivity contribution in [2.75, 3.05) is 52.5 Å². The first-order chi connectivity index (χ1) is 12.5. The number of rotatable bonds is 5. The van der Waals surface area contributed by atoms with Crippen LogP contribution in [0.15, 0.2) is 0 Å². The monoisotopic (exact) mass is 364 g/mol. The maximum absolute atomic E-state index is 12.8. The smallest absolute Gasteiger partial charge is 0.224 e. The van der Waals surface area contributed by atoms with Crippen molar-refractivity contribution in [1.29, 1.82) is 0 Å². The molecule has 146 valence electrons. The predicted molar refractivity (Wildman–Crippen MR) is 99.3 cm³/mol. The maximum atomic E-state index is 12.8. The molecule has 3 rings (SSSR count). The van der Waals surface area contributed by atoms with Gasteiger partial charge >= 0.3 is 0 Å². The minimum Gasteiger partial charge on any atom is -0.379 e. The lowest BCUT2D eigenvalue weighted by Gasteiger charge is -2.31. The highest BCUT2D eigenvalue weighted by molar-refractivity contribution is 5.76. The average molecular weight is 364 g/mol. The molecule has 3 heterocycles. The second kappa shape index (κ2) is 8.97. The zero-order valence-corrected chi connectivity index (χ0v) is 16.4. The van der Waals surface area contributed by atoms with Gasteiger partial charge in [-0.15, -0.1) is 0 Å². The molecule has 0 aromatic carbocycles. The first-order valence-corrected chi connectivity index (χ1v) is 9.74. The number of hydrogen-bond donors (Lipinski definition) is 0. The zero-order chi connectivity index (χ0) is 18.5. The Kier molecular flexibility index (Phi) is 6.67. The largest absolute Gasteiger partial charge is 0.379 e. The summed E-state index contributed by atoms with van der Waals surface area (Å²) in [4.78, 5) is 17.1. The maximum Gasteiger partial charge on any atom is 0.224 e. The Morgan fingerprint density at radius 2 is 1.92 bits per heavy atom. The molecule has 2 aliphatic heterocycles. The number of amides is 1. The molecule has 26 heavy (non-hydrogen) atoms. The number of nitrogens with zero attached hydrogens (tertiary/aromatic N) is 4. The molecule has 1 aromatic rings. The van der Waals surface area contributed by atoms with E-state index >= 15 is 0 Å². The van der Waals surface area contributed by atoms with E-state index in [4.69, 9.17) is 9.47 Å². The second-order valence-corrected chi connectivity index (χ2v) is 7.37. The van der Waals surface area contributed by atoms with E-state index in [0.717, 1.165) is 63.8 Å². The van der Waals surface area contributed by atoms with E-state index in [2.05, 4.69) is 23.8 Å². The van der Waals surface area contributed by atoms with Crippen molar-refractivity contribution in [3.63, 3.8) is 0 Å². The Labute approximate surface area is 156 Å². The molecule has 2 aliphatic rings. The molecule has 0 spiro atoms. The van der Waals surface area contributed by atoms with Crippen LogP contribution in [0.1, 0.15) is 29.8 Å². The number of carbonyl (C=O) groups excluding carboxylic acids is 1. The lowest BCUT2D eigenvalue weighted by Crippen LogP contribution is -2.46. The third kappa shape index (κ3) is 4.84. The molecule has 7 nitrogen and oxygen atoms in total. The Hall–Kier alpha value is -1.44. The van der Waals surface area contributed by atoms with E-state index in [0.29, 0.717) is 19.5 Å². The van der Waals surface area contributed by atoms with Gasteiger partial charge in [-0.25, -0.2) is 0 Å². The summed E-state index contributed by atoms with van der Waals surface area (Å²) in [5.74, 6) is 0.202. The lowest BCUT2D eigenvalue weighted by molar-refractivity contribution is -0.132. The molecule has 0 radical (unpaired) electrons. The van der Waals surface area contributed by atoms with Crippen LogP contribution in [0.4, 0.5) is 0 Å². The van der Waals surface area contributed by atoms with Crippen molar-refractivity contribution < 1.29 is 14.3 Å². The molecule has 1 atom stereocenters. The van der Waals surface area contributed by atoms with E-state index in [9.17, 15) is 4.79 Å². The van der Waals surface area contributed by atoms with Crippen LogP contribution in [0.25, 0.3) is 0 Å². The summed E-state index contributed by atoms with van der Waals surface area (Å²) in [6.07, 6.45) is 1.49. The van der Waals surface area contributed by atoms with Gasteiger partial charge in [0.2, 0.25) is 5.91 Å². The summed E-state index contributed by atoms with van der Waals surface area (Å²) in [5.41, 5.74) is 3.41. The molecule has 0 saturated carbocycles. The summed E-state index contributed by atoms with van der Waals surface area (Å²) < 4.78 is 13.4. The zero-order valence-electron chi connectivity index (χ0n) is 16.4. The van der Waals surface area contributed by atoms with Crippen LogP contribution in [-0.4, -0.2) is 84.1 Å². The standard InChI is InChI=1S/C19H32N4O3/c1-15-16(2)20-23(17(15)3)7-5-19(24)22-6-4-10-26-18(14-22)13-21-8-11-25-12-9-21/h18H,4-14H2,1-3H3. The van der Waals surface area contributed by atoms with Gasteiger partial charge in [-0.2, -0.15) is 5.10 Å². The van der Waals surface area contributed by atoms with Crippen LogP contribution in [-0.2, 0) is 20.8 Å². The molecule has 1 aromatic heterocycles. The van der Waals surface area contributed by atoms with Gasteiger partial charge in [0.1, 0.15) is 0 Å². The third-order valence-electron chi connectivity index (χ3n) is 5.55. The van der Waals surface area contributed by atoms with Crippen molar-refractivity contribution in [1.82, 2.24) is 19.6 Å². The van der Waals surface area contributed by atoms with Gasteiger partial charge in [0.15, 0.2) is 0 Å². The van der Waals surface area contributed by atoms with Gasteiger partial charge in [0.25, 0.3) is 0 Å². The highest BCUT2D eigenvalue weighted by Gasteiger charge is 2.25. The molecule has 1 unspecified atom stereocenters. The van der Waals surface area contributed by atoms with E-state index in [1.165, 1.54) is 5.56 Å². The Balaban J connectivity index is 1.52. The van der Waals surface area contributed by atoms with Crippen LogP contribution >= 0.6 is 0 Å². The summed E-state index contributed by atoms with van der Waals surface area (Å²) in [5, 5.41) is 4.54. The van der Waals surface area contributed by atoms with Gasteiger partial charge in [0, 0.05) is 58.0 Å². The Morgan fingerprint density at radius 3 is 2.62 bits per heavy atom. The number of aromatic nitrogens is 2. The molecule has 7 heteroatoms. The van der Waals surface area contributed by atoms with Gasteiger partial charge in [0.05, 0.1) is 25.0 Å². The van der Waals surface area contributed by atoms with Crippen LogP contribution in [0, 0.1) is 20.8 Å². The summed E-state index contributed by atoms with van der Waals surface area (Å²) >= 11 is 0. The summed E-state index contributed by atoms with van der Waals surface area (Å²) in [6, 6.07) is 0. The van der Waals surface area contributed by atoms with Crippen LogP contribution in [0.2, 0.25) is 0 Å². The fourth-order valence-electron chi connectivity index (χ4n) is 3.67. The van der Waals surface area contributed by atoms with Gasteiger partial charge in [-0.1, -0.05) is 0 Å². The molecule has 0 bridgehead atoms. The van der Waals surface area contributed by atoms with E-state index in [1.54, 1.807) is 0 Å². The van der Waals surface area contributed by atoms with E-state index in [-0.39, 0.29) is 12.0 Å². The minimum atomic E-state index is 0.0930. The lowest BCUT2D eigenvalue weighted by atomic mass is 10.2. The first-order valence-electron chi connectivity index (χ1n) is 9.74. The van der Waals surface area contributed by atoms with Crippen molar-refractivity contribution in [3.05, 3.63) is 17.0 Å². The van der Waals surface area contributed by atoms with Gasteiger partial charge < -0.3 is 14.4 Å². The quantitative estimate of drug-likeness (QED) is 0.784. The van der Waals surface area contributed by atoms with Crippen molar-refractivity contribution >= 4 is 5.91 Å². The van der Waals surface area contributed by atoms with Crippen LogP contribution < -0.4 is 0 Å². The number of hydrogen-bond acceptors (Lipinski definition) is 5. The fraction of sp³-hybridized carbons (Fsp3) is 0.789. The van der Waals surface area contributed by atoms with E-state index < -0.39 is 0 Å². The SMILES string of the molecule is Cc1nn(CCC(=O)N2CCCOC(CN3CCOCC3)C2)c(C)c1C. The number of ether oxygens (including phenoxy) is 2. The number of carbonyl (C=O) groups is 1. The van der Waals surface area contributed by atoms with Crippen LogP contribution in [0.3, 0.4) is 0 Å². The summed E-state index contributed by atoms with van der Waals surface area (Å²) in [7, 11) is 0. The minimum absolute atomic E-state index is 0.0930. The molecule has 0 N–H and O–H groups in total. The van der Waals surface area contributed by atoms with E-state index in [1.807, 2.05) is 16.5 Å². The number of morpholine rings is 1. The predicted octanol–water partition coefficient (Wildman–Crippen LogP) is 1.15. The van der Waals surface area contributed by atoms with Gasteiger partial charge in [-0.05, 0) is 32.8 Å². The van der Waals surface area contributed by atoms with Gasteiger partial charge in [-0.3, -0.25) is 14.4 Å².